The van der Waals surface area contributed by atoms with E-state index < -0.39 is 0 Å². The zero-order valence-corrected chi connectivity index (χ0v) is 11.0. The lowest BCUT2D eigenvalue weighted by molar-refractivity contribution is 0.0911. The summed E-state index contributed by atoms with van der Waals surface area (Å²) in [5.74, 6) is 1.44. The molecule has 0 heterocycles. The Hall–Kier alpha value is -0.890. The molecule has 1 aromatic rings. The fourth-order valence-corrected chi connectivity index (χ4v) is 2.77. The van der Waals surface area contributed by atoms with Gasteiger partial charge in [0.25, 0.3) is 0 Å². The Balaban J connectivity index is 2.08. The molecule has 94 valence electrons. The van der Waals surface area contributed by atoms with Gasteiger partial charge in [-0.3, -0.25) is 0 Å². The minimum Gasteiger partial charge on any atom is -0.488 e. The first kappa shape index (κ1) is 12.6. The topological polar surface area (TPSA) is 35.2 Å². The Morgan fingerprint density at radius 3 is 2.82 bits per heavy atom. The van der Waals surface area contributed by atoms with Crippen LogP contribution in [0.25, 0.3) is 0 Å². The Bertz CT molecular complexity index is 380. The molecule has 1 aliphatic carbocycles. The van der Waals surface area contributed by atoms with Crippen molar-refractivity contribution in [3.8, 4) is 5.75 Å². The van der Waals surface area contributed by atoms with Crippen molar-refractivity contribution in [3.63, 3.8) is 0 Å². The van der Waals surface area contributed by atoms with Gasteiger partial charge < -0.3 is 10.5 Å². The van der Waals surface area contributed by atoms with Gasteiger partial charge in [0.05, 0.1) is 5.69 Å². The van der Waals surface area contributed by atoms with Crippen LogP contribution in [0, 0.1) is 5.92 Å². The summed E-state index contributed by atoms with van der Waals surface area (Å²) in [6, 6.07) is 5.46. The maximum Gasteiger partial charge on any atom is 0.142 e. The lowest BCUT2D eigenvalue weighted by atomic mass is 9.85. The molecule has 2 atom stereocenters. The van der Waals surface area contributed by atoms with E-state index in [4.69, 9.17) is 22.1 Å². The van der Waals surface area contributed by atoms with Gasteiger partial charge in [-0.15, -0.1) is 0 Å². The molecule has 0 radical (unpaired) electrons. The number of rotatable bonds is 3. The van der Waals surface area contributed by atoms with E-state index in [1.165, 1.54) is 25.7 Å². The molecule has 0 amide bonds. The molecule has 0 saturated heterocycles. The van der Waals surface area contributed by atoms with Crippen LogP contribution >= 0.6 is 11.6 Å². The number of benzene rings is 1. The molecular weight excluding hydrogens is 234 g/mol. The Kier molecular flexibility index (Phi) is 4.16. The highest BCUT2D eigenvalue weighted by molar-refractivity contribution is 6.30. The molecule has 1 fully saturated rings. The molecular formula is C14H20ClNO. The highest BCUT2D eigenvalue weighted by atomic mass is 35.5. The molecule has 3 heteroatoms. The van der Waals surface area contributed by atoms with Crippen molar-refractivity contribution in [2.45, 2.75) is 45.1 Å². The van der Waals surface area contributed by atoms with E-state index in [1.54, 1.807) is 6.07 Å². The van der Waals surface area contributed by atoms with E-state index in [2.05, 4.69) is 6.92 Å². The van der Waals surface area contributed by atoms with Gasteiger partial charge in [0.15, 0.2) is 0 Å². The second-order valence-electron chi connectivity index (χ2n) is 4.79. The first-order valence-corrected chi connectivity index (χ1v) is 6.80. The summed E-state index contributed by atoms with van der Waals surface area (Å²) in [6.07, 6.45) is 6.49. The maximum atomic E-state index is 6.06. The third-order valence-corrected chi connectivity index (χ3v) is 3.85. The lowest BCUT2D eigenvalue weighted by Crippen LogP contribution is -2.30. The van der Waals surface area contributed by atoms with Crippen molar-refractivity contribution in [1.82, 2.24) is 0 Å². The van der Waals surface area contributed by atoms with Crippen LogP contribution in [-0.4, -0.2) is 6.10 Å². The van der Waals surface area contributed by atoms with E-state index in [1.807, 2.05) is 12.1 Å². The summed E-state index contributed by atoms with van der Waals surface area (Å²) in [7, 11) is 0. The molecule has 1 aromatic carbocycles. The Morgan fingerprint density at radius 1 is 1.35 bits per heavy atom. The molecule has 17 heavy (non-hydrogen) atoms. The smallest absolute Gasteiger partial charge is 0.142 e. The first-order chi connectivity index (χ1) is 8.20. The van der Waals surface area contributed by atoms with E-state index in [0.29, 0.717) is 22.7 Å². The average Bonchev–Trinajstić information content (AvgIpc) is 2.33. The number of nitrogen functional groups attached to an aromatic ring is 1. The van der Waals surface area contributed by atoms with Crippen LogP contribution in [0.5, 0.6) is 5.75 Å². The van der Waals surface area contributed by atoms with Crippen molar-refractivity contribution >= 4 is 17.3 Å². The fourth-order valence-electron chi connectivity index (χ4n) is 2.59. The minimum absolute atomic E-state index is 0.317. The fraction of sp³-hybridized carbons (Fsp3) is 0.571. The van der Waals surface area contributed by atoms with E-state index in [-0.39, 0.29) is 0 Å². The summed E-state index contributed by atoms with van der Waals surface area (Å²) in [5, 5.41) is 0.658. The Morgan fingerprint density at radius 2 is 2.12 bits per heavy atom. The normalized spacial score (nSPS) is 24.6. The summed E-state index contributed by atoms with van der Waals surface area (Å²) in [4.78, 5) is 0. The average molecular weight is 254 g/mol. The number of hydrogen-bond acceptors (Lipinski definition) is 2. The minimum atomic E-state index is 0.317. The van der Waals surface area contributed by atoms with Gasteiger partial charge in [0, 0.05) is 5.02 Å². The van der Waals surface area contributed by atoms with Crippen LogP contribution in [0.2, 0.25) is 5.02 Å². The molecule has 2 nitrogen and oxygen atoms in total. The van der Waals surface area contributed by atoms with Crippen LogP contribution in [-0.2, 0) is 0 Å². The molecule has 0 spiro atoms. The third-order valence-electron chi connectivity index (χ3n) is 3.61. The molecule has 2 N–H and O–H groups in total. The standard InChI is InChI=1S/C14H20ClNO/c1-2-10-5-3-4-6-13(10)17-14-8-7-11(15)9-12(14)16/h7-10,13H,2-6,16H2,1H3. The highest BCUT2D eigenvalue weighted by Crippen LogP contribution is 2.33. The molecule has 0 bridgehead atoms. The maximum absolute atomic E-state index is 6.06. The number of nitrogens with two attached hydrogens (primary N) is 1. The van der Waals surface area contributed by atoms with Crippen molar-refractivity contribution < 1.29 is 4.74 Å². The molecule has 0 aliphatic heterocycles. The lowest BCUT2D eigenvalue weighted by Gasteiger charge is -2.31. The van der Waals surface area contributed by atoms with Gasteiger partial charge in [-0.1, -0.05) is 24.9 Å². The van der Waals surface area contributed by atoms with E-state index in [9.17, 15) is 0 Å². The zero-order valence-electron chi connectivity index (χ0n) is 10.3. The van der Waals surface area contributed by atoms with Gasteiger partial charge in [-0.05, 0) is 49.8 Å². The SMILES string of the molecule is CCC1CCCCC1Oc1ccc(Cl)cc1N. The summed E-state index contributed by atoms with van der Waals surface area (Å²) in [6.45, 7) is 2.23. The van der Waals surface area contributed by atoms with Crippen LogP contribution < -0.4 is 10.5 Å². The van der Waals surface area contributed by atoms with Crippen LogP contribution in [0.3, 0.4) is 0 Å². The van der Waals surface area contributed by atoms with Crippen LogP contribution in [0.15, 0.2) is 18.2 Å². The number of halogens is 1. The predicted octanol–water partition coefficient (Wildman–Crippen LogP) is 4.27. The largest absolute Gasteiger partial charge is 0.488 e. The first-order valence-electron chi connectivity index (χ1n) is 6.42. The summed E-state index contributed by atoms with van der Waals surface area (Å²) >= 11 is 5.88. The van der Waals surface area contributed by atoms with Gasteiger partial charge in [0.2, 0.25) is 0 Å². The van der Waals surface area contributed by atoms with Crippen molar-refractivity contribution in [2.24, 2.45) is 5.92 Å². The van der Waals surface area contributed by atoms with Crippen molar-refractivity contribution in [3.05, 3.63) is 23.2 Å². The third kappa shape index (κ3) is 3.06. The van der Waals surface area contributed by atoms with Gasteiger partial charge in [0.1, 0.15) is 11.9 Å². The number of hydrogen-bond donors (Lipinski definition) is 1. The zero-order chi connectivity index (χ0) is 12.3. The second kappa shape index (κ2) is 5.63. The van der Waals surface area contributed by atoms with E-state index in [0.717, 1.165) is 12.2 Å². The van der Waals surface area contributed by atoms with Crippen LogP contribution in [0.1, 0.15) is 39.0 Å². The summed E-state index contributed by atoms with van der Waals surface area (Å²) < 4.78 is 6.06. The van der Waals surface area contributed by atoms with Crippen molar-refractivity contribution in [1.29, 1.82) is 0 Å². The Labute approximate surface area is 108 Å². The van der Waals surface area contributed by atoms with Gasteiger partial charge in [-0.2, -0.15) is 0 Å². The van der Waals surface area contributed by atoms with Gasteiger partial charge >= 0.3 is 0 Å². The quantitative estimate of drug-likeness (QED) is 0.817. The van der Waals surface area contributed by atoms with E-state index >= 15 is 0 Å². The predicted molar refractivity (Wildman–Crippen MR) is 72.5 cm³/mol. The molecule has 1 aliphatic rings. The molecule has 1 saturated carbocycles. The molecule has 2 rings (SSSR count). The summed E-state index contributed by atoms with van der Waals surface area (Å²) in [5.41, 5.74) is 6.55. The molecule has 2 unspecified atom stereocenters. The molecule has 0 aromatic heterocycles. The monoisotopic (exact) mass is 253 g/mol. The van der Waals surface area contributed by atoms with Gasteiger partial charge in [-0.25, -0.2) is 0 Å². The number of anilines is 1. The van der Waals surface area contributed by atoms with Crippen molar-refractivity contribution in [2.75, 3.05) is 5.73 Å². The highest BCUT2D eigenvalue weighted by Gasteiger charge is 2.25. The second-order valence-corrected chi connectivity index (χ2v) is 5.23. The number of ether oxygens (including phenoxy) is 1. The van der Waals surface area contributed by atoms with Crippen LogP contribution in [0.4, 0.5) is 5.69 Å².